The molecule has 1 aromatic rings. The third kappa shape index (κ3) is 8.83. The minimum atomic E-state index is 0.709. The van der Waals surface area contributed by atoms with Crippen LogP contribution in [0.2, 0.25) is 0 Å². The second-order valence-corrected chi connectivity index (χ2v) is 3.13. The molecule has 0 aromatic heterocycles. The molecule has 0 heterocycles. The standard InChI is InChI=1S/C8H10O.C4H8/c1-9-7-8-5-3-2-4-6-8;1-4(2)3/h2-6H,7H2,1H3;1H2,2-3H3. The van der Waals surface area contributed by atoms with Gasteiger partial charge in [0.1, 0.15) is 0 Å². The van der Waals surface area contributed by atoms with Gasteiger partial charge in [-0.3, -0.25) is 0 Å². The molecule has 1 heteroatoms. The van der Waals surface area contributed by atoms with E-state index in [0.29, 0.717) is 6.61 Å². The van der Waals surface area contributed by atoms with Crippen LogP contribution in [0, 0.1) is 0 Å². The maximum absolute atomic E-state index is 4.93. The Morgan fingerprint density at radius 1 is 1.23 bits per heavy atom. The van der Waals surface area contributed by atoms with Crippen molar-refractivity contribution >= 4 is 0 Å². The maximum atomic E-state index is 4.93. The minimum Gasteiger partial charge on any atom is -0.380 e. The van der Waals surface area contributed by atoms with E-state index in [9.17, 15) is 0 Å². The van der Waals surface area contributed by atoms with Gasteiger partial charge in [-0.15, -0.1) is 6.58 Å². The number of rotatable bonds is 2. The van der Waals surface area contributed by atoms with Crippen LogP contribution in [-0.4, -0.2) is 7.11 Å². The van der Waals surface area contributed by atoms with Gasteiger partial charge in [-0.05, 0) is 19.4 Å². The molecule has 0 fully saturated rings. The molecule has 0 amide bonds. The zero-order chi connectivity index (χ0) is 10.1. The van der Waals surface area contributed by atoms with Crippen LogP contribution in [0.5, 0.6) is 0 Å². The fourth-order valence-corrected chi connectivity index (χ4v) is 0.741. The third-order valence-electron chi connectivity index (χ3n) is 1.15. The average molecular weight is 178 g/mol. The van der Waals surface area contributed by atoms with Crippen molar-refractivity contribution in [3.63, 3.8) is 0 Å². The monoisotopic (exact) mass is 178 g/mol. The Morgan fingerprint density at radius 2 is 1.69 bits per heavy atom. The van der Waals surface area contributed by atoms with Crippen LogP contribution in [0.25, 0.3) is 0 Å². The van der Waals surface area contributed by atoms with Crippen LogP contribution in [-0.2, 0) is 11.3 Å². The van der Waals surface area contributed by atoms with Gasteiger partial charge in [0.15, 0.2) is 0 Å². The van der Waals surface area contributed by atoms with E-state index in [0.717, 1.165) is 0 Å². The van der Waals surface area contributed by atoms with Crippen LogP contribution in [0.1, 0.15) is 19.4 Å². The summed E-state index contributed by atoms with van der Waals surface area (Å²) in [6.07, 6.45) is 0. The predicted octanol–water partition coefficient (Wildman–Crippen LogP) is 3.42. The van der Waals surface area contributed by atoms with Crippen molar-refractivity contribution in [2.75, 3.05) is 7.11 Å². The van der Waals surface area contributed by atoms with Gasteiger partial charge in [0.25, 0.3) is 0 Å². The highest BCUT2D eigenvalue weighted by molar-refractivity contribution is 5.13. The molecule has 0 aliphatic heterocycles. The molecule has 0 N–H and O–H groups in total. The molecule has 0 saturated heterocycles. The summed E-state index contributed by atoms with van der Waals surface area (Å²) in [4.78, 5) is 0. The number of hydrogen-bond acceptors (Lipinski definition) is 1. The first kappa shape index (κ1) is 11.9. The van der Waals surface area contributed by atoms with Gasteiger partial charge in [-0.2, -0.15) is 0 Å². The lowest BCUT2D eigenvalue weighted by Gasteiger charge is -1.95. The molecule has 1 nitrogen and oxygen atoms in total. The summed E-state index contributed by atoms with van der Waals surface area (Å²) >= 11 is 0. The molecule has 13 heavy (non-hydrogen) atoms. The van der Waals surface area contributed by atoms with Crippen LogP contribution < -0.4 is 0 Å². The van der Waals surface area contributed by atoms with E-state index in [4.69, 9.17) is 4.74 Å². The smallest absolute Gasteiger partial charge is 0.0713 e. The topological polar surface area (TPSA) is 9.23 Å². The van der Waals surface area contributed by atoms with Crippen LogP contribution in [0.3, 0.4) is 0 Å². The van der Waals surface area contributed by atoms with E-state index in [-0.39, 0.29) is 0 Å². The Bertz CT molecular complexity index is 222. The lowest BCUT2D eigenvalue weighted by Crippen LogP contribution is -1.84. The highest BCUT2D eigenvalue weighted by atomic mass is 16.5. The number of allylic oxidation sites excluding steroid dienone is 1. The molecule has 0 unspecified atom stereocenters. The van der Waals surface area contributed by atoms with Gasteiger partial charge in [0, 0.05) is 7.11 Å². The Kier molecular flexibility index (Phi) is 6.93. The summed E-state index contributed by atoms with van der Waals surface area (Å²) in [5.41, 5.74) is 2.39. The fourth-order valence-electron chi connectivity index (χ4n) is 0.741. The lowest BCUT2D eigenvalue weighted by molar-refractivity contribution is 0.185. The largest absolute Gasteiger partial charge is 0.380 e. The lowest BCUT2D eigenvalue weighted by atomic mass is 10.2. The van der Waals surface area contributed by atoms with Gasteiger partial charge in [0.05, 0.1) is 6.61 Å². The first-order valence-electron chi connectivity index (χ1n) is 4.31. The fraction of sp³-hybridized carbons (Fsp3) is 0.333. The molecule has 0 atom stereocenters. The van der Waals surface area contributed by atoms with E-state index in [1.54, 1.807) is 7.11 Å². The Morgan fingerprint density at radius 3 is 2.08 bits per heavy atom. The Hall–Kier alpha value is -1.08. The first-order chi connectivity index (χ1) is 6.16. The normalized spacial score (nSPS) is 8.54. The zero-order valence-electron chi connectivity index (χ0n) is 8.71. The molecule has 0 aliphatic rings. The van der Waals surface area contributed by atoms with Gasteiger partial charge in [-0.25, -0.2) is 0 Å². The van der Waals surface area contributed by atoms with Crippen molar-refractivity contribution < 1.29 is 4.74 Å². The van der Waals surface area contributed by atoms with Crippen molar-refractivity contribution in [2.45, 2.75) is 20.5 Å². The molecular formula is C12H18O. The van der Waals surface area contributed by atoms with Crippen molar-refractivity contribution in [1.82, 2.24) is 0 Å². The Balaban J connectivity index is 0.000000310. The average Bonchev–Trinajstić information content (AvgIpc) is 2.06. The van der Waals surface area contributed by atoms with E-state index >= 15 is 0 Å². The molecule has 72 valence electrons. The SMILES string of the molecule is C=C(C)C.COCc1ccccc1. The van der Waals surface area contributed by atoms with Crippen LogP contribution in [0.15, 0.2) is 42.5 Å². The summed E-state index contributed by atoms with van der Waals surface area (Å²) in [5.74, 6) is 0. The van der Waals surface area contributed by atoms with Crippen LogP contribution in [0.4, 0.5) is 0 Å². The maximum Gasteiger partial charge on any atom is 0.0713 e. The van der Waals surface area contributed by atoms with Gasteiger partial charge in [-0.1, -0.05) is 35.9 Å². The van der Waals surface area contributed by atoms with E-state index in [1.165, 1.54) is 11.1 Å². The quantitative estimate of drug-likeness (QED) is 0.630. The van der Waals surface area contributed by atoms with Crippen molar-refractivity contribution in [2.24, 2.45) is 0 Å². The van der Waals surface area contributed by atoms with E-state index < -0.39 is 0 Å². The summed E-state index contributed by atoms with van der Waals surface area (Å²) in [5, 5.41) is 0. The Labute approximate surface area is 81.1 Å². The molecule has 1 rings (SSSR count). The summed E-state index contributed by atoms with van der Waals surface area (Å²) < 4.78 is 4.93. The van der Waals surface area contributed by atoms with Crippen molar-refractivity contribution in [1.29, 1.82) is 0 Å². The van der Waals surface area contributed by atoms with Gasteiger partial charge >= 0.3 is 0 Å². The van der Waals surface area contributed by atoms with E-state index in [2.05, 4.69) is 6.58 Å². The first-order valence-corrected chi connectivity index (χ1v) is 4.31. The molecule has 0 aliphatic carbocycles. The van der Waals surface area contributed by atoms with Crippen LogP contribution >= 0.6 is 0 Å². The second kappa shape index (κ2) is 7.56. The molecule has 0 spiro atoms. The van der Waals surface area contributed by atoms with E-state index in [1.807, 2.05) is 44.2 Å². The van der Waals surface area contributed by atoms with Crippen molar-refractivity contribution in [3.8, 4) is 0 Å². The molecule has 0 saturated carbocycles. The summed E-state index contributed by atoms with van der Waals surface area (Å²) in [7, 11) is 1.70. The highest BCUT2D eigenvalue weighted by Crippen LogP contribution is 1.98. The minimum absolute atomic E-state index is 0.709. The zero-order valence-corrected chi connectivity index (χ0v) is 8.71. The number of hydrogen-bond donors (Lipinski definition) is 0. The molecular weight excluding hydrogens is 160 g/mol. The number of methoxy groups -OCH3 is 1. The molecule has 0 radical (unpaired) electrons. The second-order valence-electron chi connectivity index (χ2n) is 3.13. The summed E-state index contributed by atoms with van der Waals surface area (Å²) in [6, 6.07) is 10.1. The highest BCUT2D eigenvalue weighted by Gasteiger charge is 1.84. The molecule has 1 aromatic carbocycles. The summed E-state index contributed by atoms with van der Waals surface area (Å²) in [6.45, 7) is 8.21. The van der Waals surface area contributed by atoms with Gasteiger partial charge < -0.3 is 4.74 Å². The number of ether oxygens (including phenoxy) is 1. The molecule has 0 bridgehead atoms. The third-order valence-corrected chi connectivity index (χ3v) is 1.15. The van der Waals surface area contributed by atoms with Gasteiger partial charge in [0.2, 0.25) is 0 Å². The van der Waals surface area contributed by atoms with Crippen molar-refractivity contribution in [3.05, 3.63) is 48.0 Å². The predicted molar refractivity (Wildman–Crippen MR) is 57.6 cm³/mol. The number of benzene rings is 1.